The predicted molar refractivity (Wildman–Crippen MR) is 149 cm³/mol. The van der Waals surface area contributed by atoms with E-state index in [-0.39, 0.29) is 12.5 Å². The summed E-state index contributed by atoms with van der Waals surface area (Å²) in [5.41, 5.74) is 7.54. The van der Waals surface area contributed by atoms with Crippen molar-refractivity contribution in [3.63, 3.8) is 0 Å². The number of rotatable bonds is 19. The van der Waals surface area contributed by atoms with Crippen LogP contribution in [0, 0.1) is 0 Å². The van der Waals surface area contributed by atoms with Crippen LogP contribution >= 0.6 is 0 Å². The van der Waals surface area contributed by atoms with Crippen molar-refractivity contribution in [1.82, 2.24) is 25.3 Å². The molecule has 3 rings (SSSR count). The number of pyridine rings is 1. The summed E-state index contributed by atoms with van der Waals surface area (Å²) < 4.78 is 10.6. The maximum atomic E-state index is 12.4. The van der Waals surface area contributed by atoms with Crippen molar-refractivity contribution < 1.29 is 19.4 Å². The monoisotopic (exact) mass is 539 g/mol. The van der Waals surface area contributed by atoms with E-state index in [4.69, 9.17) is 20.3 Å². The Labute approximate surface area is 228 Å². The molecule has 2 heterocycles. The number of nitrogens with two attached hydrogens (primary N) is 1. The molecule has 13 heteroatoms. The lowest BCUT2D eigenvalue weighted by Gasteiger charge is -2.12. The minimum atomic E-state index is -0.195. The highest BCUT2D eigenvalue weighted by atomic mass is 16.5. The second-order valence-electron chi connectivity index (χ2n) is 8.28. The van der Waals surface area contributed by atoms with Gasteiger partial charge in [0, 0.05) is 62.3 Å². The number of ether oxygens (including phenoxy) is 2. The second-order valence-corrected chi connectivity index (χ2v) is 8.28. The predicted octanol–water partition coefficient (Wildman–Crippen LogP) is 1.18. The third-order valence-electron chi connectivity index (χ3n) is 5.21. The van der Waals surface area contributed by atoms with Gasteiger partial charge in [-0.15, -0.1) is 0 Å². The molecule has 0 aliphatic carbocycles. The van der Waals surface area contributed by atoms with Gasteiger partial charge in [0.25, 0.3) is 5.91 Å². The molecule has 0 aliphatic heterocycles. The van der Waals surface area contributed by atoms with Gasteiger partial charge in [-0.25, -0.2) is 0 Å². The van der Waals surface area contributed by atoms with Crippen molar-refractivity contribution in [1.29, 1.82) is 0 Å². The molecule has 13 nitrogen and oxygen atoms in total. The molecule has 0 bridgehead atoms. The number of aromatic nitrogens is 4. The van der Waals surface area contributed by atoms with Gasteiger partial charge < -0.3 is 41.6 Å². The average molecular weight is 540 g/mol. The van der Waals surface area contributed by atoms with E-state index in [2.05, 4.69) is 41.2 Å². The molecule has 0 unspecified atom stereocenters. The van der Waals surface area contributed by atoms with Gasteiger partial charge in [-0.05, 0) is 42.8 Å². The van der Waals surface area contributed by atoms with Crippen LogP contribution in [0.3, 0.4) is 0 Å². The second kappa shape index (κ2) is 17.6. The first-order valence-electron chi connectivity index (χ1n) is 12.9. The summed E-state index contributed by atoms with van der Waals surface area (Å²) in [5.74, 6) is 0.922. The smallest absolute Gasteiger partial charge is 0.251 e. The van der Waals surface area contributed by atoms with E-state index in [0.29, 0.717) is 94.5 Å². The van der Waals surface area contributed by atoms with Crippen LogP contribution in [-0.4, -0.2) is 90.2 Å². The quantitative estimate of drug-likeness (QED) is 0.120. The highest BCUT2D eigenvalue weighted by Crippen LogP contribution is 2.17. The third kappa shape index (κ3) is 11.6. The van der Waals surface area contributed by atoms with Crippen molar-refractivity contribution in [3.8, 4) is 0 Å². The molecular weight excluding hydrogens is 502 g/mol. The summed E-state index contributed by atoms with van der Waals surface area (Å²) in [6, 6.07) is 12.8. The van der Waals surface area contributed by atoms with Crippen LogP contribution in [0.2, 0.25) is 0 Å². The van der Waals surface area contributed by atoms with Gasteiger partial charge in [-0.2, -0.15) is 15.0 Å². The number of carbonyl (C=O) groups excluding carboxylic acids is 1. The normalized spacial score (nSPS) is 10.7. The molecule has 39 heavy (non-hydrogen) atoms. The number of hydrogen-bond acceptors (Lipinski definition) is 12. The first-order chi connectivity index (χ1) is 19.2. The van der Waals surface area contributed by atoms with Crippen molar-refractivity contribution >= 4 is 29.4 Å². The Kier molecular flexibility index (Phi) is 13.4. The topological polar surface area (TPSA) is 181 Å². The van der Waals surface area contributed by atoms with Crippen molar-refractivity contribution in [2.24, 2.45) is 5.73 Å². The van der Waals surface area contributed by atoms with E-state index in [9.17, 15) is 4.79 Å². The van der Waals surface area contributed by atoms with Crippen molar-refractivity contribution in [2.75, 3.05) is 75.2 Å². The Bertz CT molecular complexity index is 1100. The van der Waals surface area contributed by atoms with E-state index in [1.165, 1.54) is 0 Å². The fourth-order valence-electron chi connectivity index (χ4n) is 3.30. The van der Waals surface area contributed by atoms with Crippen LogP contribution in [0.25, 0.3) is 0 Å². The molecule has 3 aromatic rings. The largest absolute Gasteiger partial charge is 0.396 e. The number of hydrogen-bond donors (Lipinski definition) is 6. The number of benzene rings is 1. The summed E-state index contributed by atoms with van der Waals surface area (Å²) in [5, 5.41) is 21.4. The van der Waals surface area contributed by atoms with E-state index in [0.717, 1.165) is 5.69 Å². The summed E-state index contributed by atoms with van der Waals surface area (Å²) in [6.07, 6.45) is 3.03. The van der Waals surface area contributed by atoms with Crippen LogP contribution in [-0.2, 0) is 15.9 Å². The number of carbonyl (C=O) groups is 1. The Morgan fingerprint density at radius 1 is 0.846 bits per heavy atom. The summed E-state index contributed by atoms with van der Waals surface area (Å²) in [7, 11) is 0. The van der Waals surface area contributed by atoms with E-state index in [1.807, 2.05) is 18.2 Å². The van der Waals surface area contributed by atoms with Gasteiger partial charge in [0.05, 0.1) is 26.4 Å². The Hall–Kier alpha value is -3.91. The molecule has 0 spiro atoms. The van der Waals surface area contributed by atoms with Crippen LogP contribution in [0.1, 0.15) is 22.5 Å². The fraction of sp³-hybridized carbons (Fsp3) is 0.423. The summed E-state index contributed by atoms with van der Waals surface area (Å²) in [4.78, 5) is 30.0. The van der Waals surface area contributed by atoms with Crippen molar-refractivity contribution in [2.45, 2.75) is 12.8 Å². The molecule has 2 aromatic heterocycles. The van der Waals surface area contributed by atoms with Gasteiger partial charge in [0.2, 0.25) is 17.8 Å². The Balaban J connectivity index is 1.52. The molecule has 0 saturated carbocycles. The van der Waals surface area contributed by atoms with Gasteiger partial charge in [-0.3, -0.25) is 9.78 Å². The minimum Gasteiger partial charge on any atom is -0.396 e. The molecule has 1 aromatic carbocycles. The number of nitrogens with one attached hydrogen (secondary N) is 4. The molecule has 7 N–H and O–H groups in total. The SMILES string of the molecule is NCCOCCOCCNC(=O)c1ccc(Nc2nc(NCCCO)nc(NCCc3ccccn3)n2)cc1. The van der Waals surface area contributed by atoms with Crippen LogP contribution in [0.4, 0.5) is 23.5 Å². The molecule has 0 radical (unpaired) electrons. The number of nitrogens with zero attached hydrogens (tertiary/aromatic N) is 4. The first kappa shape index (κ1) is 29.6. The van der Waals surface area contributed by atoms with Crippen LogP contribution < -0.4 is 27.0 Å². The Morgan fingerprint density at radius 2 is 1.56 bits per heavy atom. The lowest BCUT2D eigenvalue weighted by molar-refractivity contribution is 0.0511. The number of anilines is 4. The van der Waals surface area contributed by atoms with Crippen LogP contribution in [0.15, 0.2) is 48.7 Å². The van der Waals surface area contributed by atoms with Crippen LogP contribution in [0.5, 0.6) is 0 Å². The zero-order valence-electron chi connectivity index (χ0n) is 21.9. The average Bonchev–Trinajstić information content (AvgIpc) is 2.95. The number of aliphatic hydroxyl groups is 1. The zero-order chi connectivity index (χ0) is 27.5. The van der Waals surface area contributed by atoms with E-state index < -0.39 is 0 Å². The van der Waals surface area contributed by atoms with Gasteiger partial charge >= 0.3 is 0 Å². The van der Waals surface area contributed by atoms with Gasteiger partial charge in [-0.1, -0.05) is 6.07 Å². The summed E-state index contributed by atoms with van der Waals surface area (Å²) >= 11 is 0. The lowest BCUT2D eigenvalue weighted by atomic mass is 10.2. The number of amides is 1. The maximum Gasteiger partial charge on any atom is 0.251 e. The molecule has 0 aliphatic rings. The minimum absolute atomic E-state index is 0.0650. The van der Waals surface area contributed by atoms with E-state index >= 15 is 0 Å². The van der Waals surface area contributed by atoms with Gasteiger partial charge in [0.1, 0.15) is 0 Å². The standard InChI is InChI=1S/C26H37N9O4/c27-10-16-38-18-19-39-17-14-29-23(37)20-5-7-22(8-6-20)32-26-34-24(30-12-3-15-36)33-25(35-26)31-13-9-21-4-1-2-11-28-21/h1-2,4-8,11,36H,3,9-10,12-19,27H2,(H,29,37)(H3,30,31,32,33,34,35). The molecule has 0 atom stereocenters. The molecular formula is C26H37N9O4. The third-order valence-corrected chi connectivity index (χ3v) is 5.21. The lowest BCUT2D eigenvalue weighted by Crippen LogP contribution is -2.27. The molecule has 0 saturated heterocycles. The maximum absolute atomic E-state index is 12.4. The Morgan fingerprint density at radius 3 is 2.26 bits per heavy atom. The molecule has 0 fully saturated rings. The highest BCUT2D eigenvalue weighted by molar-refractivity contribution is 5.94. The first-order valence-corrected chi connectivity index (χ1v) is 12.9. The fourth-order valence-corrected chi connectivity index (χ4v) is 3.30. The highest BCUT2D eigenvalue weighted by Gasteiger charge is 2.09. The zero-order valence-corrected chi connectivity index (χ0v) is 21.9. The van der Waals surface area contributed by atoms with Gasteiger partial charge in [0.15, 0.2) is 0 Å². The van der Waals surface area contributed by atoms with Crippen molar-refractivity contribution in [3.05, 3.63) is 59.9 Å². The van der Waals surface area contributed by atoms with E-state index in [1.54, 1.807) is 30.5 Å². The number of aliphatic hydroxyl groups excluding tert-OH is 1. The molecule has 210 valence electrons. The summed E-state index contributed by atoms with van der Waals surface area (Å²) in [6.45, 7) is 3.87. The molecule has 1 amide bonds.